The van der Waals surface area contributed by atoms with E-state index >= 15 is 0 Å². The van der Waals surface area contributed by atoms with E-state index < -0.39 is 11.7 Å². The fourth-order valence-electron chi connectivity index (χ4n) is 3.48. The minimum absolute atomic E-state index is 0.176. The van der Waals surface area contributed by atoms with Gasteiger partial charge < -0.3 is 9.88 Å². The summed E-state index contributed by atoms with van der Waals surface area (Å²) in [4.78, 5) is 14.5. The fraction of sp³-hybridized carbons (Fsp3) is 0.526. The molecule has 1 aromatic heterocycles. The Morgan fingerprint density at radius 3 is 2.68 bits per heavy atom. The summed E-state index contributed by atoms with van der Waals surface area (Å²) in [6, 6.07) is 4.51. The van der Waals surface area contributed by atoms with Crippen molar-refractivity contribution in [2.75, 3.05) is 18.4 Å². The molecular weight excluding hydrogens is 371 g/mol. The van der Waals surface area contributed by atoms with E-state index in [0.717, 1.165) is 56.9 Å². The molecule has 0 saturated carbocycles. The van der Waals surface area contributed by atoms with E-state index in [0.29, 0.717) is 18.0 Å². The summed E-state index contributed by atoms with van der Waals surface area (Å²) in [5.74, 6) is 1.16. The number of hydrogen-bond acceptors (Lipinski definition) is 4. The summed E-state index contributed by atoms with van der Waals surface area (Å²) in [5, 5.41) is 10.7. The highest BCUT2D eigenvalue weighted by Gasteiger charge is 2.30. The number of nitrogens with zero attached hydrogens (tertiary/aromatic N) is 4. The molecule has 2 aromatic rings. The van der Waals surface area contributed by atoms with Crippen molar-refractivity contribution in [2.45, 2.75) is 38.4 Å². The summed E-state index contributed by atoms with van der Waals surface area (Å²) >= 11 is 0. The molecule has 1 atom stereocenters. The average Bonchev–Trinajstić information content (AvgIpc) is 3.05. The van der Waals surface area contributed by atoms with Crippen LogP contribution in [0.25, 0.3) is 0 Å². The zero-order chi connectivity index (χ0) is 20.1. The van der Waals surface area contributed by atoms with Crippen LogP contribution in [0.1, 0.15) is 37.1 Å². The second-order valence-corrected chi connectivity index (χ2v) is 7.26. The van der Waals surface area contributed by atoms with Crippen LogP contribution in [0, 0.1) is 5.92 Å². The van der Waals surface area contributed by atoms with Crippen LogP contribution in [0.5, 0.6) is 0 Å². The van der Waals surface area contributed by atoms with Crippen LogP contribution in [0.2, 0.25) is 0 Å². The van der Waals surface area contributed by atoms with E-state index in [1.807, 2.05) is 11.6 Å². The van der Waals surface area contributed by atoms with Gasteiger partial charge >= 0.3 is 6.18 Å². The first-order valence-corrected chi connectivity index (χ1v) is 9.33. The van der Waals surface area contributed by atoms with Gasteiger partial charge in [-0.15, -0.1) is 10.2 Å². The summed E-state index contributed by atoms with van der Waals surface area (Å²) in [6.45, 7) is 2.65. The lowest BCUT2D eigenvalue weighted by Crippen LogP contribution is -2.36. The molecule has 9 heteroatoms. The topological polar surface area (TPSA) is 63.1 Å². The van der Waals surface area contributed by atoms with E-state index in [9.17, 15) is 18.0 Å². The number of carbonyl (C=O) groups is 1. The fourth-order valence-corrected chi connectivity index (χ4v) is 3.48. The molecule has 6 nitrogen and oxygen atoms in total. The molecule has 1 unspecified atom stereocenters. The normalized spacial score (nSPS) is 18.2. The lowest BCUT2D eigenvalue weighted by Gasteiger charge is -2.32. The third kappa shape index (κ3) is 5.54. The third-order valence-electron chi connectivity index (χ3n) is 5.05. The molecular formula is C19H24F3N5O. The van der Waals surface area contributed by atoms with Crippen molar-refractivity contribution in [1.82, 2.24) is 19.7 Å². The monoisotopic (exact) mass is 395 g/mol. The standard InChI is InChI=1S/C19H24F3N5O/c1-26-13-23-25-17(26)12-27-10-2-3-14(11-27)4-9-18(28)24-16-7-5-15(6-8-16)19(20,21)22/h5-8,13-14H,2-4,9-12H2,1H3,(H,24,28). The molecule has 1 amide bonds. The Morgan fingerprint density at radius 1 is 1.29 bits per heavy atom. The van der Waals surface area contributed by atoms with Gasteiger partial charge in [0.25, 0.3) is 0 Å². The Labute approximate surface area is 161 Å². The van der Waals surface area contributed by atoms with E-state index in [1.165, 1.54) is 12.1 Å². The summed E-state index contributed by atoms with van der Waals surface area (Å²) < 4.78 is 39.6. The Hall–Kier alpha value is -2.42. The number of aromatic nitrogens is 3. The van der Waals surface area contributed by atoms with Crippen LogP contribution in [-0.2, 0) is 24.6 Å². The number of anilines is 1. The number of hydrogen-bond donors (Lipinski definition) is 1. The Morgan fingerprint density at radius 2 is 2.04 bits per heavy atom. The summed E-state index contributed by atoms with van der Waals surface area (Å²) in [6.07, 6.45) is 0.555. The van der Waals surface area contributed by atoms with E-state index in [4.69, 9.17) is 0 Å². The number of amides is 1. The molecule has 0 spiro atoms. The van der Waals surface area contributed by atoms with Crippen molar-refractivity contribution in [2.24, 2.45) is 13.0 Å². The predicted molar refractivity (Wildman–Crippen MR) is 98.3 cm³/mol. The molecule has 1 fully saturated rings. The molecule has 1 aromatic carbocycles. The van der Waals surface area contributed by atoms with Crippen LogP contribution in [0.4, 0.5) is 18.9 Å². The smallest absolute Gasteiger partial charge is 0.326 e. The molecule has 1 aliphatic rings. The van der Waals surface area contributed by atoms with E-state index in [1.54, 1.807) is 6.33 Å². The van der Waals surface area contributed by atoms with Crippen molar-refractivity contribution >= 4 is 11.6 Å². The van der Waals surface area contributed by atoms with E-state index in [2.05, 4.69) is 20.4 Å². The van der Waals surface area contributed by atoms with Crippen LogP contribution < -0.4 is 5.32 Å². The first-order chi connectivity index (χ1) is 13.3. The summed E-state index contributed by atoms with van der Waals surface area (Å²) in [5.41, 5.74) is -0.346. The SMILES string of the molecule is Cn1cnnc1CN1CCCC(CCC(=O)Nc2ccc(C(F)(F)F)cc2)C1. The molecule has 1 N–H and O–H groups in total. The number of alkyl halides is 3. The first kappa shape index (κ1) is 20.3. The van der Waals surface area contributed by atoms with Crippen molar-refractivity contribution in [3.63, 3.8) is 0 Å². The van der Waals surface area contributed by atoms with Gasteiger partial charge in [-0.05, 0) is 56.0 Å². The van der Waals surface area contributed by atoms with Gasteiger partial charge in [0, 0.05) is 25.7 Å². The Balaban J connectivity index is 1.44. The number of carbonyl (C=O) groups excluding carboxylic acids is 1. The second kappa shape index (κ2) is 8.72. The lowest BCUT2D eigenvalue weighted by atomic mass is 9.93. The molecule has 0 radical (unpaired) electrons. The average molecular weight is 395 g/mol. The maximum absolute atomic E-state index is 12.6. The highest BCUT2D eigenvalue weighted by atomic mass is 19.4. The largest absolute Gasteiger partial charge is 0.416 e. The van der Waals surface area contributed by atoms with Crippen molar-refractivity contribution in [1.29, 1.82) is 0 Å². The van der Waals surface area contributed by atoms with Crippen molar-refractivity contribution < 1.29 is 18.0 Å². The molecule has 1 saturated heterocycles. The molecule has 2 heterocycles. The van der Waals surface area contributed by atoms with Gasteiger partial charge in [-0.3, -0.25) is 9.69 Å². The van der Waals surface area contributed by atoms with Gasteiger partial charge in [0.15, 0.2) is 0 Å². The van der Waals surface area contributed by atoms with Crippen LogP contribution in [0.3, 0.4) is 0 Å². The minimum Gasteiger partial charge on any atom is -0.326 e. The van der Waals surface area contributed by atoms with Gasteiger partial charge in [0.2, 0.25) is 5.91 Å². The zero-order valence-corrected chi connectivity index (χ0v) is 15.7. The second-order valence-electron chi connectivity index (χ2n) is 7.26. The number of aryl methyl sites for hydroxylation is 1. The van der Waals surface area contributed by atoms with Crippen molar-refractivity contribution in [3.8, 4) is 0 Å². The van der Waals surface area contributed by atoms with Gasteiger partial charge in [-0.1, -0.05) is 0 Å². The molecule has 3 rings (SSSR count). The molecule has 28 heavy (non-hydrogen) atoms. The lowest BCUT2D eigenvalue weighted by molar-refractivity contribution is -0.137. The highest BCUT2D eigenvalue weighted by molar-refractivity contribution is 5.90. The van der Waals surface area contributed by atoms with Crippen LogP contribution >= 0.6 is 0 Å². The predicted octanol–water partition coefficient (Wildman–Crippen LogP) is 3.46. The number of piperidine rings is 1. The van der Waals surface area contributed by atoms with Crippen LogP contribution in [-0.4, -0.2) is 38.7 Å². The zero-order valence-electron chi connectivity index (χ0n) is 15.7. The quantitative estimate of drug-likeness (QED) is 0.814. The number of nitrogens with one attached hydrogen (secondary N) is 1. The number of halogens is 3. The van der Waals surface area contributed by atoms with Gasteiger partial charge in [0.05, 0.1) is 12.1 Å². The van der Waals surface area contributed by atoms with Gasteiger partial charge in [0.1, 0.15) is 12.2 Å². The Bertz CT molecular complexity index is 788. The summed E-state index contributed by atoms with van der Waals surface area (Å²) in [7, 11) is 1.92. The Kier molecular flexibility index (Phi) is 6.33. The number of benzene rings is 1. The number of rotatable bonds is 6. The number of likely N-dealkylation sites (tertiary alicyclic amines) is 1. The maximum atomic E-state index is 12.6. The highest BCUT2D eigenvalue weighted by Crippen LogP contribution is 2.30. The van der Waals surface area contributed by atoms with Crippen LogP contribution in [0.15, 0.2) is 30.6 Å². The van der Waals surface area contributed by atoms with Gasteiger partial charge in [-0.25, -0.2) is 0 Å². The van der Waals surface area contributed by atoms with E-state index in [-0.39, 0.29) is 5.91 Å². The maximum Gasteiger partial charge on any atom is 0.416 e. The minimum atomic E-state index is -4.37. The molecule has 0 aliphatic carbocycles. The third-order valence-corrected chi connectivity index (χ3v) is 5.05. The molecule has 152 valence electrons. The van der Waals surface area contributed by atoms with Gasteiger partial charge in [-0.2, -0.15) is 13.2 Å². The first-order valence-electron chi connectivity index (χ1n) is 9.33. The molecule has 0 bridgehead atoms. The van der Waals surface area contributed by atoms with Crippen molar-refractivity contribution in [3.05, 3.63) is 42.0 Å². The molecule has 1 aliphatic heterocycles.